The smallest absolute Gasteiger partial charge is 0.186 e. The zero-order valence-electron chi connectivity index (χ0n) is 9.80. The fraction of sp³-hybridized carbons (Fsp3) is 0.417. The van der Waals surface area contributed by atoms with Gasteiger partial charge in [0, 0.05) is 30.3 Å². The number of thioether (sulfide) groups is 1. The molecule has 92 valence electrons. The third-order valence-electron chi connectivity index (χ3n) is 2.76. The van der Waals surface area contributed by atoms with Crippen LogP contribution in [0.3, 0.4) is 0 Å². The van der Waals surface area contributed by atoms with Gasteiger partial charge < -0.3 is 16.4 Å². The van der Waals surface area contributed by atoms with Gasteiger partial charge in [-0.15, -0.1) is 0 Å². The molecule has 4 nitrogen and oxygen atoms in total. The molecule has 0 bridgehead atoms. The second kappa shape index (κ2) is 5.82. The molecule has 1 aliphatic heterocycles. The van der Waals surface area contributed by atoms with Crippen molar-refractivity contribution in [2.75, 3.05) is 29.5 Å². The number of benzene rings is 1. The number of hydrogen-bond donors (Lipinski definition) is 2. The molecular weight excluding hydrogens is 232 g/mol. The monoisotopic (exact) mass is 250 g/mol. The van der Waals surface area contributed by atoms with E-state index in [0.29, 0.717) is 6.54 Å². The first kappa shape index (κ1) is 12.1. The van der Waals surface area contributed by atoms with Gasteiger partial charge in [-0.3, -0.25) is 0 Å². The average molecular weight is 250 g/mol. The Labute approximate surface area is 106 Å². The van der Waals surface area contributed by atoms with Crippen molar-refractivity contribution < 1.29 is 0 Å². The Morgan fingerprint density at radius 3 is 2.41 bits per heavy atom. The SMILES string of the molecule is NC(N)=NCc1ccc(N2CCSCC2)cc1. The van der Waals surface area contributed by atoms with E-state index in [4.69, 9.17) is 11.5 Å². The summed E-state index contributed by atoms with van der Waals surface area (Å²) >= 11 is 2.02. The molecule has 1 aromatic carbocycles. The molecule has 1 heterocycles. The van der Waals surface area contributed by atoms with E-state index in [1.807, 2.05) is 11.8 Å². The van der Waals surface area contributed by atoms with Gasteiger partial charge in [0.1, 0.15) is 0 Å². The lowest BCUT2D eigenvalue weighted by molar-refractivity contribution is 0.858. The second-order valence-electron chi connectivity index (χ2n) is 4.01. The van der Waals surface area contributed by atoms with Crippen molar-refractivity contribution in [3.63, 3.8) is 0 Å². The van der Waals surface area contributed by atoms with Crippen LogP contribution in [0.2, 0.25) is 0 Å². The summed E-state index contributed by atoms with van der Waals surface area (Å²) in [7, 11) is 0. The molecular formula is C12H18N4S. The number of nitrogens with zero attached hydrogens (tertiary/aromatic N) is 2. The van der Waals surface area contributed by atoms with E-state index in [1.165, 1.54) is 17.2 Å². The van der Waals surface area contributed by atoms with Crippen LogP contribution < -0.4 is 16.4 Å². The molecule has 1 aromatic rings. The van der Waals surface area contributed by atoms with Gasteiger partial charge >= 0.3 is 0 Å². The minimum absolute atomic E-state index is 0.141. The highest BCUT2D eigenvalue weighted by Gasteiger charge is 2.10. The summed E-state index contributed by atoms with van der Waals surface area (Å²) in [6, 6.07) is 8.47. The van der Waals surface area contributed by atoms with E-state index in [2.05, 4.69) is 34.2 Å². The van der Waals surface area contributed by atoms with E-state index in [0.717, 1.165) is 18.7 Å². The summed E-state index contributed by atoms with van der Waals surface area (Å²) in [5.41, 5.74) is 13.0. The fourth-order valence-electron chi connectivity index (χ4n) is 1.82. The van der Waals surface area contributed by atoms with Crippen LogP contribution in [-0.2, 0) is 6.54 Å². The number of anilines is 1. The Balaban J connectivity index is 1.99. The first-order valence-electron chi connectivity index (χ1n) is 5.73. The summed E-state index contributed by atoms with van der Waals surface area (Å²) in [5.74, 6) is 2.58. The van der Waals surface area contributed by atoms with Gasteiger partial charge in [-0.25, -0.2) is 4.99 Å². The van der Waals surface area contributed by atoms with Crippen molar-refractivity contribution in [3.05, 3.63) is 29.8 Å². The first-order valence-corrected chi connectivity index (χ1v) is 6.88. The van der Waals surface area contributed by atoms with Crippen LogP contribution in [0.25, 0.3) is 0 Å². The second-order valence-corrected chi connectivity index (χ2v) is 5.23. The molecule has 0 amide bonds. The minimum Gasteiger partial charge on any atom is -0.370 e. The lowest BCUT2D eigenvalue weighted by atomic mass is 10.2. The largest absolute Gasteiger partial charge is 0.370 e. The zero-order valence-corrected chi connectivity index (χ0v) is 10.6. The zero-order chi connectivity index (χ0) is 12.1. The van der Waals surface area contributed by atoms with Crippen LogP contribution in [0, 0.1) is 0 Å². The van der Waals surface area contributed by atoms with Crippen molar-refractivity contribution >= 4 is 23.4 Å². The van der Waals surface area contributed by atoms with E-state index in [1.54, 1.807) is 0 Å². The molecule has 0 unspecified atom stereocenters. The molecule has 0 aliphatic carbocycles. The number of rotatable bonds is 3. The third kappa shape index (κ3) is 3.56. The molecule has 1 aliphatic rings. The molecule has 17 heavy (non-hydrogen) atoms. The average Bonchev–Trinajstić information content (AvgIpc) is 2.38. The Bertz CT molecular complexity index is 378. The van der Waals surface area contributed by atoms with E-state index >= 15 is 0 Å². The van der Waals surface area contributed by atoms with Crippen LogP contribution in [-0.4, -0.2) is 30.6 Å². The van der Waals surface area contributed by atoms with Crippen LogP contribution in [0.15, 0.2) is 29.3 Å². The van der Waals surface area contributed by atoms with Gasteiger partial charge in [-0.2, -0.15) is 11.8 Å². The normalized spacial score (nSPS) is 15.6. The molecule has 2 rings (SSSR count). The maximum absolute atomic E-state index is 5.30. The maximum Gasteiger partial charge on any atom is 0.186 e. The van der Waals surface area contributed by atoms with Gasteiger partial charge in [-0.05, 0) is 17.7 Å². The number of nitrogens with two attached hydrogens (primary N) is 2. The Kier molecular flexibility index (Phi) is 4.14. The summed E-state index contributed by atoms with van der Waals surface area (Å²) in [6.45, 7) is 2.83. The molecule has 4 N–H and O–H groups in total. The standard InChI is InChI=1S/C12H18N4S/c13-12(14)15-9-10-1-3-11(4-2-10)16-5-7-17-8-6-16/h1-4H,5-9H2,(H4,13,14,15). The topological polar surface area (TPSA) is 67.6 Å². The Morgan fingerprint density at radius 2 is 1.82 bits per heavy atom. The lowest BCUT2D eigenvalue weighted by Gasteiger charge is -2.28. The van der Waals surface area contributed by atoms with Gasteiger partial charge in [0.15, 0.2) is 5.96 Å². The quantitative estimate of drug-likeness (QED) is 0.620. The highest BCUT2D eigenvalue weighted by Crippen LogP contribution is 2.19. The van der Waals surface area contributed by atoms with Crippen molar-refractivity contribution in [1.29, 1.82) is 0 Å². The van der Waals surface area contributed by atoms with Gasteiger partial charge in [0.05, 0.1) is 6.54 Å². The molecule has 1 fully saturated rings. The van der Waals surface area contributed by atoms with Crippen LogP contribution in [0.4, 0.5) is 5.69 Å². The third-order valence-corrected chi connectivity index (χ3v) is 3.70. The van der Waals surface area contributed by atoms with Crippen molar-refractivity contribution in [1.82, 2.24) is 0 Å². The summed E-state index contributed by atoms with van der Waals surface area (Å²) in [4.78, 5) is 6.41. The highest BCUT2D eigenvalue weighted by molar-refractivity contribution is 7.99. The Morgan fingerprint density at radius 1 is 1.18 bits per heavy atom. The minimum atomic E-state index is 0.141. The molecule has 0 spiro atoms. The van der Waals surface area contributed by atoms with E-state index in [9.17, 15) is 0 Å². The van der Waals surface area contributed by atoms with Crippen molar-refractivity contribution in [3.8, 4) is 0 Å². The van der Waals surface area contributed by atoms with Gasteiger partial charge in [0.25, 0.3) is 0 Å². The predicted octanol–water partition coefficient (Wildman–Crippen LogP) is 1.01. The predicted molar refractivity (Wildman–Crippen MR) is 75.5 cm³/mol. The lowest BCUT2D eigenvalue weighted by Crippen LogP contribution is -2.32. The van der Waals surface area contributed by atoms with Crippen LogP contribution in [0.1, 0.15) is 5.56 Å². The van der Waals surface area contributed by atoms with E-state index < -0.39 is 0 Å². The number of aliphatic imine (C=N–C) groups is 1. The Hall–Kier alpha value is -1.36. The molecule has 0 radical (unpaired) electrons. The maximum atomic E-state index is 5.30. The molecule has 0 atom stereocenters. The molecule has 0 aromatic heterocycles. The molecule has 5 heteroatoms. The van der Waals surface area contributed by atoms with Gasteiger partial charge in [-0.1, -0.05) is 12.1 Å². The summed E-state index contributed by atoms with van der Waals surface area (Å²) in [5, 5.41) is 0. The van der Waals surface area contributed by atoms with E-state index in [-0.39, 0.29) is 5.96 Å². The van der Waals surface area contributed by atoms with Crippen LogP contribution in [0.5, 0.6) is 0 Å². The van der Waals surface area contributed by atoms with Crippen LogP contribution >= 0.6 is 11.8 Å². The van der Waals surface area contributed by atoms with Crippen molar-refractivity contribution in [2.24, 2.45) is 16.5 Å². The molecule has 0 saturated carbocycles. The first-order chi connectivity index (χ1) is 8.25. The van der Waals surface area contributed by atoms with Gasteiger partial charge in [0.2, 0.25) is 0 Å². The number of hydrogen-bond acceptors (Lipinski definition) is 3. The molecule has 1 saturated heterocycles. The summed E-state index contributed by atoms with van der Waals surface area (Å²) in [6.07, 6.45) is 0. The van der Waals surface area contributed by atoms with Crippen molar-refractivity contribution in [2.45, 2.75) is 6.54 Å². The number of guanidine groups is 1. The highest BCUT2D eigenvalue weighted by atomic mass is 32.2. The summed E-state index contributed by atoms with van der Waals surface area (Å²) < 4.78 is 0. The fourth-order valence-corrected chi connectivity index (χ4v) is 2.72.